The molecule has 0 radical (unpaired) electrons. The van der Waals surface area contributed by atoms with E-state index in [1.165, 1.54) is 0 Å². The molecule has 0 bridgehead atoms. The molecule has 2 atom stereocenters. The maximum absolute atomic E-state index is 13.1. The molecular weight excluding hydrogens is 342 g/mol. The van der Waals surface area contributed by atoms with E-state index in [1.807, 2.05) is 34.5 Å². The quantitative estimate of drug-likeness (QED) is 0.861. The lowest BCUT2D eigenvalue weighted by Crippen LogP contribution is -2.53. The zero-order valence-corrected chi connectivity index (χ0v) is 15.8. The van der Waals surface area contributed by atoms with Crippen molar-refractivity contribution in [3.63, 3.8) is 0 Å². The molecule has 2 amide bonds. The van der Waals surface area contributed by atoms with Crippen molar-refractivity contribution in [1.29, 1.82) is 0 Å². The van der Waals surface area contributed by atoms with E-state index >= 15 is 0 Å². The van der Waals surface area contributed by atoms with Gasteiger partial charge in [-0.1, -0.05) is 6.92 Å². The van der Waals surface area contributed by atoms with Crippen LogP contribution in [0.4, 0.5) is 0 Å². The van der Waals surface area contributed by atoms with Crippen LogP contribution in [-0.4, -0.2) is 63.9 Å². The molecule has 1 aromatic rings. The maximum atomic E-state index is 13.1. The van der Waals surface area contributed by atoms with Gasteiger partial charge in [0.15, 0.2) is 0 Å². The molecule has 8 heteroatoms. The zero-order valence-electron chi connectivity index (χ0n) is 15.0. The lowest BCUT2D eigenvalue weighted by atomic mass is 9.95. The Balaban J connectivity index is 0.00000225. The molecule has 2 aliphatic rings. The van der Waals surface area contributed by atoms with Crippen molar-refractivity contribution in [3.05, 3.63) is 18.2 Å². The number of likely N-dealkylation sites (tertiary alicyclic amines) is 1. The average molecular weight is 370 g/mol. The molecule has 1 aromatic heterocycles. The van der Waals surface area contributed by atoms with E-state index in [9.17, 15) is 9.59 Å². The Morgan fingerprint density at radius 1 is 1.36 bits per heavy atom. The van der Waals surface area contributed by atoms with Crippen molar-refractivity contribution >= 4 is 24.2 Å². The molecule has 2 aliphatic heterocycles. The van der Waals surface area contributed by atoms with Gasteiger partial charge in [-0.3, -0.25) is 9.59 Å². The highest BCUT2D eigenvalue weighted by atomic mass is 35.5. The summed E-state index contributed by atoms with van der Waals surface area (Å²) in [4.78, 5) is 33.4. The minimum absolute atomic E-state index is 0. The Labute approximate surface area is 155 Å². The van der Waals surface area contributed by atoms with Gasteiger partial charge in [-0.25, -0.2) is 4.98 Å². The Hall–Kier alpha value is -1.60. The molecule has 0 aromatic carbocycles. The zero-order chi connectivity index (χ0) is 17.1. The van der Waals surface area contributed by atoms with Gasteiger partial charge in [0.25, 0.3) is 0 Å². The van der Waals surface area contributed by atoms with E-state index in [4.69, 9.17) is 0 Å². The van der Waals surface area contributed by atoms with E-state index in [-0.39, 0.29) is 36.2 Å². The number of aryl methyl sites for hydroxylation is 1. The number of piperidine rings is 1. The number of halogens is 1. The van der Waals surface area contributed by atoms with Gasteiger partial charge in [0.2, 0.25) is 11.8 Å². The molecule has 2 fully saturated rings. The van der Waals surface area contributed by atoms with Crippen LogP contribution < -0.4 is 5.32 Å². The van der Waals surface area contributed by atoms with Crippen LogP contribution in [0.3, 0.4) is 0 Å². The number of nitrogens with one attached hydrogen (secondary N) is 1. The highest BCUT2D eigenvalue weighted by molar-refractivity contribution is 5.85. The minimum atomic E-state index is -0.0879. The number of piperazine rings is 1. The number of amides is 2. The van der Waals surface area contributed by atoms with Crippen LogP contribution in [0.15, 0.2) is 12.4 Å². The predicted molar refractivity (Wildman–Crippen MR) is 97.4 cm³/mol. The number of carbonyl (C=O) groups excluding carboxylic acids is 2. The molecule has 2 saturated heterocycles. The number of nitrogens with zero attached hydrogens (tertiary/aromatic N) is 4. The number of aromatic nitrogens is 2. The van der Waals surface area contributed by atoms with Crippen LogP contribution in [-0.2, 0) is 16.6 Å². The Morgan fingerprint density at radius 3 is 2.84 bits per heavy atom. The van der Waals surface area contributed by atoms with Crippen molar-refractivity contribution < 1.29 is 9.59 Å². The summed E-state index contributed by atoms with van der Waals surface area (Å²) in [6, 6.07) is -0.0384. The molecule has 3 rings (SSSR count). The molecule has 25 heavy (non-hydrogen) atoms. The largest absolute Gasteiger partial charge is 0.342 e. The first-order valence-electron chi connectivity index (χ1n) is 8.88. The first-order chi connectivity index (χ1) is 11.6. The van der Waals surface area contributed by atoms with E-state index in [0.717, 1.165) is 38.3 Å². The lowest BCUT2D eigenvalue weighted by Gasteiger charge is -2.40. The molecule has 140 valence electrons. The van der Waals surface area contributed by atoms with Crippen molar-refractivity contribution in [2.24, 2.45) is 13.0 Å². The normalized spacial score (nSPS) is 23.9. The minimum Gasteiger partial charge on any atom is -0.342 e. The molecular formula is C17H28ClN5O2. The van der Waals surface area contributed by atoms with Crippen molar-refractivity contribution in [3.8, 4) is 0 Å². The van der Waals surface area contributed by atoms with E-state index in [0.29, 0.717) is 19.5 Å². The summed E-state index contributed by atoms with van der Waals surface area (Å²) in [6.07, 6.45) is 5.96. The van der Waals surface area contributed by atoms with Gasteiger partial charge < -0.3 is 19.7 Å². The number of hydrogen-bond donors (Lipinski definition) is 1. The second-order valence-corrected chi connectivity index (χ2v) is 6.68. The number of hydrogen-bond acceptors (Lipinski definition) is 4. The molecule has 0 aliphatic carbocycles. The Kier molecular flexibility index (Phi) is 6.84. The second kappa shape index (κ2) is 8.67. The molecule has 3 heterocycles. The van der Waals surface area contributed by atoms with Gasteiger partial charge in [0.05, 0.1) is 5.92 Å². The van der Waals surface area contributed by atoms with Crippen LogP contribution in [0.1, 0.15) is 38.1 Å². The molecule has 0 saturated carbocycles. The van der Waals surface area contributed by atoms with Gasteiger partial charge in [-0.2, -0.15) is 0 Å². The maximum Gasteiger partial charge on any atom is 0.228 e. The summed E-state index contributed by atoms with van der Waals surface area (Å²) < 4.78 is 1.98. The highest BCUT2D eigenvalue weighted by Crippen LogP contribution is 2.26. The predicted octanol–water partition coefficient (Wildman–Crippen LogP) is 0.963. The topological polar surface area (TPSA) is 70.5 Å². The third-order valence-electron chi connectivity index (χ3n) is 5.11. The van der Waals surface area contributed by atoms with Crippen molar-refractivity contribution in [1.82, 2.24) is 24.7 Å². The number of imidazole rings is 1. The van der Waals surface area contributed by atoms with Gasteiger partial charge in [0.1, 0.15) is 11.9 Å². The molecule has 2 unspecified atom stereocenters. The molecule has 1 N–H and O–H groups in total. The second-order valence-electron chi connectivity index (χ2n) is 6.68. The van der Waals surface area contributed by atoms with Crippen LogP contribution in [0, 0.1) is 5.92 Å². The summed E-state index contributed by atoms with van der Waals surface area (Å²) >= 11 is 0. The highest BCUT2D eigenvalue weighted by Gasteiger charge is 2.36. The molecule has 0 spiro atoms. The summed E-state index contributed by atoms with van der Waals surface area (Å²) in [5.74, 6) is 1.13. The van der Waals surface area contributed by atoms with Gasteiger partial charge in [-0.15, -0.1) is 12.4 Å². The van der Waals surface area contributed by atoms with Crippen LogP contribution >= 0.6 is 12.4 Å². The van der Waals surface area contributed by atoms with Crippen LogP contribution in [0.2, 0.25) is 0 Å². The van der Waals surface area contributed by atoms with Crippen molar-refractivity contribution in [2.75, 3.05) is 32.7 Å². The van der Waals surface area contributed by atoms with Crippen LogP contribution in [0.5, 0.6) is 0 Å². The van der Waals surface area contributed by atoms with E-state index in [1.54, 1.807) is 6.20 Å². The van der Waals surface area contributed by atoms with Crippen LogP contribution in [0.25, 0.3) is 0 Å². The van der Waals surface area contributed by atoms with E-state index in [2.05, 4.69) is 10.3 Å². The van der Waals surface area contributed by atoms with Crippen molar-refractivity contribution in [2.45, 2.75) is 32.2 Å². The Morgan fingerprint density at radius 2 is 2.16 bits per heavy atom. The van der Waals surface area contributed by atoms with E-state index < -0.39 is 0 Å². The SMILES string of the molecule is CCC(=O)N1CCCC(C(=O)N2CCNCC2c2nccn2C)C1.Cl. The standard InChI is InChI=1S/C17H27N5O2.ClH/c1-3-15(23)21-8-4-5-13(12-21)17(24)22-10-6-18-11-14(22)16-19-7-9-20(16)2;/h7,9,13-14,18H,3-6,8,10-12H2,1-2H3;1H. The molecule has 7 nitrogen and oxygen atoms in total. The Bertz CT molecular complexity index is 606. The number of carbonyl (C=O) groups is 2. The van der Waals surface area contributed by atoms with Gasteiger partial charge in [0, 0.05) is 58.6 Å². The third kappa shape index (κ3) is 4.15. The van der Waals surface area contributed by atoms with Gasteiger partial charge >= 0.3 is 0 Å². The fourth-order valence-electron chi connectivity index (χ4n) is 3.76. The van der Waals surface area contributed by atoms with Gasteiger partial charge in [-0.05, 0) is 12.8 Å². The first-order valence-corrected chi connectivity index (χ1v) is 8.88. The fraction of sp³-hybridized carbons (Fsp3) is 0.706. The smallest absolute Gasteiger partial charge is 0.228 e. The third-order valence-corrected chi connectivity index (χ3v) is 5.11. The summed E-state index contributed by atoms with van der Waals surface area (Å²) in [6.45, 7) is 5.43. The summed E-state index contributed by atoms with van der Waals surface area (Å²) in [5.41, 5.74) is 0. The number of rotatable bonds is 3. The lowest BCUT2D eigenvalue weighted by molar-refractivity contribution is -0.143. The first kappa shape index (κ1) is 19.7. The fourth-order valence-corrected chi connectivity index (χ4v) is 3.76. The monoisotopic (exact) mass is 369 g/mol. The average Bonchev–Trinajstić information content (AvgIpc) is 3.06. The summed E-state index contributed by atoms with van der Waals surface area (Å²) in [5, 5.41) is 3.36. The summed E-state index contributed by atoms with van der Waals surface area (Å²) in [7, 11) is 1.96.